The number of hydrogen-bond acceptors (Lipinski definition) is 3. The minimum absolute atomic E-state index is 0.162. The van der Waals surface area contributed by atoms with Crippen LogP contribution in [0.3, 0.4) is 0 Å². The Morgan fingerprint density at radius 2 is 1.38 bits per heavy atom. The number of alkyl halides is 8. The van der Waals surface area contributed by atoms with E-state index >= 15 is 0 Å². The van der Waals surface area contributed by atoms with E-state index in [1.54, 1.807) is 0 Å². The van der Waals surface area contributed by atoms with Gasteiger partial charge in [-0.1, -0.05) is 19.3 Å². The molecule has 1 aliphatic carbocycles. The molecular weight excluding hydrogens is 356 g/mol. The molecule has 1 saturated carbocycles. The molecule has 142 valence electrons. The first-order valence-corrected chi connectivity index (χ1v) is 7.30. The fourth-order valence-corrected chi connectivity index (χ4v) is 3.46. The summed E-state index contributed by atoms with van der Waals surface area (Å²) in [6.45, 7) is 0. The molecule has 1 heterocycles. The van der Waals surface area contributed by atoms with E-state index in [4.69, 9.17) is 0 Å². The maximum atomic E-state index is 14.4. The Morgan fingerprint density at radius 1 is 0.875 bits per heavy atom. The number of ether oxygens (including phenoxy) is 1. The summed E-state index contributed by atoms with van der Waals surface area (Å²) in [5, 5.41) is 19.6. The van der Waals surface area contributed by atoms with Gasteiger partial charge in [-0.3, -0.25) is 0 Å². The largest absolute Gasteiger partial charge is 0.449 e. The molecule has 0 amide bonds. The Hall–Kier alpha value is -0.680. The summed E-state index contributed by atoms with van der Waals surface area (Å²) in [7, 11) is 0. The van der Waals surface area contributed by atoms with E-state index in [1.807, 2.05) is 0 Å². The summed E-state index contributed by atoms with van der Waals surface area (Å²) in [4.78, 5) is 0. The second-order valence-electron chi connectivity index (χ2n) is 6.33. The second kappa shape index (κ2) is 5.66. The van der Waals surface area contributed by atoms with Gasteiger partial charge in [0.25, 0.3) is 0 Å². The highest BCUT2D eigenvalue weighted by Crippen LogP contribution is 2.59. The Bertz CT molecular complexity index is 471. The van der Waals surface area contributed by atoms with Gasteiger partial charge in [-0.25, -0.2) is 0 Å². The van der Waals surface area contributed by atoms with Crippen LogP contribution in [0.4, 0.5) is 35.1 Å². The van der Waals surface area contributed by atoms with Crippen LogP contribution in [0.15, 0.2) is 0 Å². The highest BCUT2D eigenvalue weighted by Gasteiger charge is 2.83. The average molecular weight is 372 g/mol. The van der Waals surface area contributed by atoms with E-state index < -0.39 is 48.1 Å². The maximum absolute atomic E-state index is 14.4. The Labute approximate surface area is 131 Å². The van der Waals surface area contributed by atoms with Crippen molar-refractivity contribution < 1.29 is 50.1 Å². The topological polar surface area (TPSA) is 49.7 Å². The Kier molecular flexibility index (Phi) is 4.64. The van der Waals surface area contributed by atoms with Crippen molar-refractivity contribution >= 4 is 0 Å². The number of rotatable bonds is 1. The molecule has 0 aromatic rings. The van der Waals surface area contributed by atoms with Gasteiger partial charge in [0.05, 0.1) is 0 Å². The third-order valence-corrected chi connectivity index (χ3v) is 4.81. The van der Waals surface area contributed by atoms with Gasteiger partial charge in [0.2, 0.25) is 0 Å². The third-order valence-electron chi connectivity index (χ3n) is 4.81. The van der Waals surface area contributed by atoms with Crippen LogP contribution in [-0.4, -0.2) is 46.0 Å². The van der Waals surface area contributed by atoms with Crippen molar-refractivity contribution in [3.63, 3.8) is 0 Å². The van der Waals surface area contributed by atoms with Crippen LogP contribution < -0.4 is 0 Å². The molecule has 24 heavy (non-hydrogen) atoms. The zero-order valence-electron chi connectivity index (χ0n) is 12.2. The summed E-state index contributed by atoms with van der Waals surface area (Å²) in [6, 6.07) is 0. The van der Waals surface area contributed by atoms with Gasteiger partial charge in [0, 0.05) is 6.42 Å². The van der Waals surface area contributed by atoms with Crippen LogP contribution in [0.25, 0.3) is 0 Å². The van der Waals surface area contributed by atoms with Crippen molar-refractivity contribution in [2.75, 3.05) is 0 Å². The lowest BCUT2D eigenvalue weighted by molar-refractivity contribution is -0.502. The van der Waals surface area contributed by atoms with Crippen molar-refractivity contribution in [2.45, 2.75) is 74.3 Å². The predicted octanol–water partition coefficient (Wildman–Crippen LogP) is 3.54. The molecule has 0 spiro atoms. The predicted molar refractivity (Wildman–Crippen MR) is 63.0 cm³/mol. The third kappa shape index (κ3) is 2.78. The van der Waals surface area contributed by atoms with Crippen LogP contribution in [0.5, 0.6) is 0 Å². The van der Waals surface area contributed by atoms with Crippen molar-refractivity contribution in [3.05, 3.63) is 0 Å². The molecule has 1 saturated heterocycles. The summed E-state index contributed by atoms with van der Waals surface area (Å²) >= 11 is 0. The fourth-order valence-electron chi connectivity index (χ4n) is 3.46. The molecule has 0 aromatic heterocycles. The van der Waals surface area contributed by atoms with E-state index in [2.05, 4.69) is 4.74 Å². The molecule has 0 radical (unpaired) electrons. The maximum Gasteiger partial charge on any atom is 0.449 e. The first-order valence-electron chi connectivity index (χ1n) is 7.30. The zero-order chi connectivity index (χ0) is 18.6. The molecule has 3 atom stereocenters. The Balaban J connectivity index is 2.54. The van der Waals surface area contributed by atoms with E-state index in [0.29, 0.717) is 6.42 Å². The Morgan fingerprint density at radius 3 is 1.79 bits per heavy atom. The minimum atomic E-state index is -6.23. The zero-order valence-corrected chi connectivity index (χ0v) is 12.2. The van der Waals surface area contributed by atoms with Crippen molar-refractivity contribution in [2.24, 2.45) is 5.92 Å². The highest BCUT2D eigenvalue weighted by molar-refractivity contribution is 5.13. The van der Waals surface area contributed by atoms with Crippen LogP contribution >= 0.6 is 0 Å². The van der Waals surface area contributed by atoms with Gasteiger partial charge in [-0.05, 0) is 18.8 Å². The minimum Gasteiger partial charge on any atom is -0.383 e. The summed E-state index contributed by atoms with van der Waals surface area (Å²) in [6.07, 6.45) is -16.0. The highest BCUT2D eigenvalue weighted by atomic mass is 19.4. The van der Waals surface area contributed by atoms with Gasteiger partial charge >= 0.3 is 24.1 Å². The fraction of sp³-hybridized carbons (Fsp3) is 1.00. The smallest absolute Gasteiger partial charge is 0.383 e. The van der Waals surface area contributed by atoms with Crippen LogP contribution in [-0.2, 0) is 4.74 Å². The SMILES string of the molecule is OC1(C2CCCCC2)CC(C(F)(F)F)OC(O)(C(F)(F)F)C1(F)F. The van der Waals surface area contributed by atoms with Crippen molar-refractivity contribution in [3.8, 4) is 0 Å². The molecule has 2 rings (SSSR count). The monoisotopic (exact) mass is 372 g/mol. The van der Waals surface area contributed by atoms with Gasteiger partial charge < -0.3 is 14.9 Å². The van der Waals surface area contributed by atoms with Crippen LogP contribution in [0.2, 0.25) is 0 Å². The molecule has 0 aromatic carbocycles. The molecule has 3 unspecified atom stereocenters. The summed E-state index contributed by atoms with van der Waals surface area (Å²) < 4.78 is 110. The normalized spacial score (nSPS) is 39.0. The summed E-state index contributed by atoms with van der Waals surface area (Å²) in [5.41, 5.74) is -3.68. The van der Waals surface area contributed by atoms with Gasteiger partial charge in [0.15, 0.2) is 6.10 Å². The van der Waals surface area contributed by atoms with Crippen molar-refractivity contribution in [1.29, 1.82) is 0 Å². The van der Waals surface area contributed by atoms with Gasteiger partial charge in [0.1, 0.15) is 5.60 Å². The van der Waals surface area contributed by atoms with Crippen LogP contribution in [0.1, 0.15) is 38.5 Å². The molecule has 2 aliphatic rings. The summed E-state index contributed by atoms with van der Waals surface area (Å²) in [5.74, 6) is -12.3. The molecule has 11 heteroatoms. The molecule has 3 nitrogen and oxygen atoms in total. The van der Waals surface area contributed by atoms with Crippen molar-refractivity contribution in [1.82, 2.24) is 0 Å². The first kappa shape index (κ1) is 19.6. The number of hydrogen-bond donors (Lipinski definition) is 2. The van der Waals surface area contributed by atoms with E-state index in [9.17, 15) is 45.3 Å². The molecular formula is C13H16F8O3. The van der Waals surface area contributed by atoms with Crippen LogP contribution in [0, 0.1) is 5.92 Å². The van der Waals surface area contributed by atoms with Gasteiger partial charge in [-0.2, -0.15) is 35.1 Å². The quantitative estimate of drug-likeness (QED) is 0.693. The number of aliphatic hydroxyl groups is 2. The molecule has 1 aliphatic heterocycles. The van der Waals surface area contributed by atoms with E-state index in [-0.39, 0.29) is 25.7 Å². The molecule has 0 bridgehead atoms. The van der Waals surface area contributed by atoms with E-state index in [0.717, 1.165) is 0 Å². The average Bonchev–Trinajstić information content (AvgIpc) is 2.43. The van der Waals surface area contributed by atoms with Gasteiger partial charge in [-0.15, -0.1) is 0 Å². The molecule has 2 fully saturated rings. The lowest BCUT2D eigenvalue weighted by atomic mass is 9.67. The van der Waals surface area contributed by atoms with E-state index in [1.165, 1.54) is 0 Å². The lowest BCUT2D eigenvalue weighted by Crippen LogP contribution is -2.77. The number of halogens is 8. The second-order valence-corrected chi connectivity index (χ2v) is 6.33. The molecule has 2 N–H and O–H groups in total. The first-order chi connectivity index (χ1) is 10.7. The standard InChI is InChI=1S/C13H16F8O3/c14-10(15,16)8-6-9(22,7-4-2-1-3-5-7)11(17,18)12(23,24-8)13(19,20)21/h7-8,22-23H,1-6H2. The lowest BCUT2D eigenvalue weighted by Gasteiger charge is -2.54.